The van der Waals surface area contributed by atoms with E-state index >= 15 is 8.78 Å². The van der Waals surface area contributed by atoms with Crippen molar-refractivity contribution >= 4 is 74.2 Å². The summed E-state index contributed by atoms with van der Waals surface area (Å²) in [6, 6.07) is 19.3. The maximum atomic E-state index is 15.6. The fraction of sp³-hybridized carbons (Fsp3) is 0.370. The number of aromatic amines is 1. The zero-order valence-electron chi connectivity index (χ0n) is 36.0. The number of rotatable bonds is 14. The molecule has 5 aromatic rings. The SMILES string of the molecule is CCN(C)S(=O)(=O)Nc1ccc(F)c(C(=O)c2c[nH]c3ncc(-c4ccc(N5CCC(NCC(=O)N6CCC(c7ccc(NC8CCC(=O)NC8=O)cc7)CC6)CC5)cc4)cc23)c1F.Cl. The van der Waals surface area contributed by atoms with Gasteiger partial charge in [-0.2, -0.15) is 12.7 Å². The van der Waals surface area contributed by atoms with E-state index < -0.39 is 44.9 Å². The normalized spacial score (nSPS) is 17.5. The molecule has 0 bridgehead atoms. The molecule has 5 N–H and O–H groups in total. The van der Waals surface area contributed by atoms with Gasteiger partial charge in [-0.05, 0) is 91.6 Å². The lowest BCUT2D eigenvalue weighted by molar-refractivity contribution is -0.134. The second-order valence-electron chi connectivity index (χ2n) is 16.6. The predicted molar refractivity (Wildman–Crippen MR) is 247 cm³/mol. The van der Waals surface area contributed by atoms with Crippen LogP contribution >= 0.6 is 12.4 Å². The van der Waals surface area contributed by atoms with Crippen molar-refractivity contribution in [3.8, 4) is 11.1 Å². The highest BCUT2D eigenvalue weighted by Gasteiger charge is 2.30. The second kappa shape index (κ2) is 20.1. The average Bonchev–Trinajstić information content (AvgIpc) is 3.74. The number of H-pyrrole nitrogens is 1. The van der Waals surface area contributed by atoms with Crippen molar-refractivity contribution in [1.29, 1.82) is 0 Å². The number of nitrogens with zero attached hydrogens (tertiary/aromatic N) is 4. The van der Waals surface area contributed by atoms with Crippen LogP contribution in [0, 0.1) is 11.6 Å². The molecular weight excluding hydrogens is 880 g/mol. The largest absolute Gasteiger partial charge is 0.374 e. The summed E-state index contributed by atoms with van der Waals surface area (Å²) in [5.41, 5.74) is 3.48. The number of aromatic nitrogens is 2. The molecule has 344 valence electrons. The molecule has 3 fully saturated rings. The zero-order chi connectivity index (χ0) is 45.1. The summed E-state index contributed by atoms with van der Waals surface area (Å²) < 4.78 is 58.8. The number of nitrogens with one attached hydrogen (secondary N) is 5. The van der Waals surface area contributed by atoms with Gasteiger partial charge < -0.3 is 25.4 Å². The average molecular weight is 932 g/mol. The lowest BCUT2D eigenvalue weighted by atomic mass is 9.89. The van der Waals surface area contributed by atoms with Gasteiger partial charge in [-0.1, -0.05) is 31.2 Å². The van der Waals surface area contributed by atoms with Gasteiger partial charge in [0, 0.05) is 92.5 Å². The minimum absolute atomic E-state index is 0. The van der Waals surface area contributed by atoms with Crippen molar-refractivity contribution in [2.75, 3.05) is 61.3 Å². The van der Waals surface area contributed by atoms with Gasteiger partial charge in [0.1, 0.15) is 17.5 Å². The van der Waals surface area contributed by atoms with Crippen molar-refractivity contribution < 1.29 is 36.4 Å². The molecular formula is C46H52ClF2N9O6S. The quantitative estimate of drug-likeness (QED) is 0.0658. The van der Waals surface area contributed by atoms with Crippen molar-refractivity contribution in [1.82, 2.24) is 29.8 Å². The number of benzene rings is 3. The van der Waals surface area contributed by atoms with Gasteiger partial charge in [0.25, 0.3) is 0 Å². The van der Waals surface area contributed by atoms with Gasteiger partial charge in [-0.25, -0.2) is 13.8 Å². The Morgan fingerprint density at radius 2 is 1.62 bits per heavy atom. The van der Waals surface area contributed by atoms with Crippen LogP contribution in [0.15, 0.2) is 79.1 Å². The fourth-order valence-corrected chi connectivity index (χ4v) is 9.54. The number of hydrogen-bond donors (Lipinski definition) is 5. The summed E-state index contributed by atoms with van der Waals surface area (Å²) >= 11 is 0. The number of carbonyl (C=O) groups excluding carboxylic acids is 4. The summed E-state index contributed by atoms with van der Waals surface area (Å²) in [6.07, 6.45) is 7.29. The Labute approximate surface area is 382 Å². The van der Waals surface area contributed by atoms with Crippen LogP contribution in [0.25, 0.3) is 22.2 Å². The smallest absolute Gasteiger partial charge is 0.301 e. The van der Waals surface area contributed by atoms with Crippen molar-refractivity contribution in [3.05, 3.63) is 107 Å². The van der Waals surface area contributed by atoms with E-state index in [0.29, 0.717) is 55.0 Å². The lowest BCUT2D eigenvalue weighted by Gasteiger charge is -2.35. The van der Waals surface area contributed by atoms with Gasteiger partial charge in [0.2, 0.25) is 23.5 Å². The molecule has 8 rings (SSSR count). The number of imide groups is 1. The standard InChI is InChI=1S/C46H51F2N9O6S.ClH/c1-3-55(2)64(62,63)54-38-13-12-37(47)42(43(38)48)44(60)36-26-51-45-35(36)24-31(25-50-45)29-6-10-34(11-7-29)56-22-18-32(19-23-56)49-27-41(59)57-20-16-30(17-21-57)28-4-8-33(9-5-28)52-39-14-15-40(58)53-46(39)61;/h4-13,24-26,30,32,39,49,52,54H,3,14-23,27H2,1-2H3,(H,50,51)(H,53,58,61);1H. The van der Waals surface area contributed by atoms with E-state index in [-0.39, 0.29) is 48.3 Å². The van der Waals surface area contributed by atoms with Crippen LogP contribution in [-0.2, 0) is 24.6 Å². The van der Waals surface area contributed by atoms with E-state index in [1.165, 1.54) is 18.8 Å². The Kier molecular flexibility index (Phi) is 14.5. The molecule has 65 heavy (non-hydrogen) atoms. The third-order valence-corrected chi connectivity index (χ3v) is 14.2. The van der Waals surface area contributed by atoms with Crippen LogP contribution in [0.1, 0.15) is 72.9 Å². The molecule has 3 aliphatic rings. The number of pyridine rings is 1. The number of ketones is 1. The van der Waals surface area contributed by atoms with E-state index in [1.54, 1.807) is 19.2 Å². The van der Waals surface area contributed by atoms with Crippen LogP contribution in [0.5, 0.6) is 0 Å². The Balaban J connectivity index is 0.00000630. The summed E-state index contributed by atoms with van der Waals surface area (Å²) in [5, 5.41) is 9.44. The highest BCUT2D eigenvalue weighted by molar-refractivity contribution is 7.90. The van der Waals surface area contributed by atoms with E-state index in [2.05, 4.69) is 47.7 Å². The Bertz CT molecular complexity index is 2670. The fourth-order valence-electron chi connectivity index (χ4n) is 8.61. The summed E-state index contributed by atoms with van der Waals surface area (Å²) in [5.74, 6) is -3.49. The van der Waals surface area contributed by atoms with E-state index in [4.69, 9.17) is 0 Å². The summed E-state index contributed by atoms with van der Waals surface area (Å²) in [7, 11) is -2.83. The number of fused-ring (bicyclic) bond motifs is 1. The topological polar surface area (TPSA) is 189 Å². The van der Waals surface area contributed by atoms with Gasteiger partial charge in [-0.15, -0.1) is 12.4 Å². The molecule has 15 nitrogen and oxygen atoms in total. The number of carbonyl (C=O) groups is 4. The van der Waals surface area contributed by atoms with Crippen molar-refractivity contribution in [2.45, 2.75) is 63.5 Å². The van der Waals surface area contributed by atoms with Crippen molar-refractivity contribution in [2.24, 2.45) is 0 Å². The van der Waals surface area contributed by atoms with E-state index in [1.807, 2.05) is 41.3 Å². The Hall–Kier alpha value is -5.95. The first-order chi connectivity index (χ1) is 30.8. The number of piperidine rings is 3. The molecule has 0 spiro atoms. The first-order valence-corrected chi connectivity index (χ1v) is 23.0. The first-order valence-electron chi connectivity index (χ1n) is 21.6. The van der Waals surface area contributed by atoms with Crippen LogP contribution in [0.4, 0.5) is 25.8 Å². The molecule has 0 radical (unpaired) electrons. The molecule has 2 aromatic heterocycles. The van der Waals surface area contributed by atoms with Gasteiger partial charge in [0.05, 0.1) is 17.8 Å². The molecule has 1 unspecified atom stereocenters. The first kappa shape index (κ1) is 47.0. The minimum atomic E-state index is -4.14. The number of hydrogen-bond acceptors (Lipinski definition) is 10. The molecule has 3 aromatic carbocycles. The molecule has 19 heteroatoms. The monoisotopic (exact) mass is 931 g/mol. The van der Waals surface area contributed by atoms with Gasteiger partial charge in [0.15, 0.2) is 5.82 Å². The Morgan fingerprint density at radius 1 is 0.908 bits per heavy atom. The maximum absolute atomic E-state index is 15.6. The highest BCUT2D eigenvalue weighted by atomic mass is 35.5. The number of anilines is 3. The third-order valence-electron chi connectivity index (χ3n) is 12.6. The van der Waals surface area contributed by atoms with Gasteiger partial charge in [-0.3, -0.25) is 29.2 Å². The summed E-state index contributed by atoms with van der Waals surface area (Å²) in [6.45, 7) is 5.03. The van der Waals surface area contributed by atoms with Crippen LogP contribution in [0.2, 0.25) is 0 Å². The molecule has 0 aliphatic carbocycles. The van der Waals surface area contributed by atoms with Crippen molar-refractivity contribution in [3.63, 3.8) is 0 Å². The molecule has 1 atom stereocenters. The molecule has 3 amide bonds. The summed E-state index contributed by atoms with van der Waals surface area (Å²) in [4.78, 5) is 62.0. The van der Waals surface area contributed by atoms with E-state index in [9.17, 15) is 27.6 Å². The second-order valence-corrected chi connectivity index (χ2v) is 18.3. The molecule has 3 saturated heterocycles. The lowest BCUT2D eigenvalue weighted by Crippen LogP contribution is -2.48. The highest BCUT2D eigenvalue weighted by Crippen LogP contribution is 2.32. The van der Waals surface area contributed by atoms with E-state index in [0.717, 1.165) is 72.1 Å². The molecule has 3 aliphatic heterocycles. The maximum Gasteiger partial charge on any atom is 0.301 e. The molecule has 5 heterocycles. The minimum Gasteiger partial charge on any atom is -0.374 e. The third kappa shape index (κ3) is 10.5. The zero-order valence-corrected chi connectivity index (χ0v) is 37.7. The Morgan fingerprint density at radius 3 is 2.29 bits per heavy atom. The number of likely N-dealkylation sites (tertiary alicyclic amines) is 1. The van der Waals surface area contributed by atoms with Crippen LogP contribution in [0.3, 0.4) is 0 Å². The molecule has 0 saturated carbocycles. The number of amides is 3. The predicted octanol–water partition coefficient (Wildman–Crippen LogP) is 5.95. The van der Waals surface area contributed by atoms with Gasteiger partial charge >= 0.3 is 10.2 Å². The van der Waals surface area contributed by atoms with Crippen LogP contribution < -0.4 is 25.6 Å². The number of halogens is 3. The van der Waals surface area contributed by atoms with Crippen LogP contribution in [-0.4, -0.2) is 109 Å².